The number of amides is 1. The van der Waals surface area contributed by atoms with E-state index >= 15 is 0 Å². The van der Waals surface area contributed by atoms with Crippen molar-refractivity contribution in [2.45, 2.75) is 25.4 Å². The number of thiazole rings is 1. The molecule has 3 heterocycles. The highest BCUT2D eigenvalue weighted by molar-refractivity contribution is 7.15. The number of nitrogens with zero attached hydrogens (tertiary/aromatic N) is 2. The maximum absolute atomic E-state index is 12.6. The normalized spacial score (nSPS) is 17.3. The molecule has 136 valence electrons. The Bertz CT molecular complexity index is 912. The summed E-state index contributed by atoms with van der Waals surface area (Å²) < 4.78 is 12.9. The maximum Gasteiger partial charge on any atom is 0.269 e. The van der Waals surface area contributed by atoms with Gasteiger partial charge >= 0.3 is 0 Å². The highest BCUT2D eigenvalue weighted by Crippen LogP contribution is 2.30. The summed E-state index contributed by atoms with van der Waals surface area (Å²) in [4.78, 5) is 18.0. The molecule has 0 aliphatic carbocycles. The lowest BCUT2D eigenvalue weighted by Gasteiger charge is -2.22. The Morgan fingerprint density at radius 3 is 3.12 bits per heavy atom. The Morgan fingerprint density at radius 2 is 2.31 bits per heavy atom. The predicted molar refractivity (Wildman–Crippen MR) is 101 cm³/mol. The van der Waals surface area contributed by atoms with Crippen LogP contribution in [0.15, 0.2) is 35.8 Å². The molecule has 26 heavy (non-hydrogen) atoms. The number of carbonyl (C=O) groups is 1. The van der Waals surface area contributed by atoms with Crippen molar-refractivity contribution in [3.05, 3.63) is 41.5 Å². The number of hydrogen-bond donors (Lipinski definition) is 1. The number of imidazole rings is 1. The molecule has 1 amide bonds. The van der Waals surface area contributed by atoms with Gasteiger partial charge in [0.1, 0.15) is 11.4 Å². The summed E-state index contributed by atoms with van der Waals surface area (Å²) in [5.74, 6) is 0.660. The molecule has 1 fully saturated rings. The van der Waals surface area contributed by atoms with Gasteiger partial charge in [0.05, 0.1) is 18.9 Å². The van der Waals surface area contributed by atoms with Crippen molar-refractivity contribution in [1.29, 1.82) is 0 Å². The molecule has 1 aliphatic heterocycles. The Labute approximate surface area is 155 Å². The Hall–Kier alpha value is -2.38. The van der Waals surface area contributed by atoms with Gasteiger partial charge in [-0.25, -0.2) is 4.98 Å². The number of ether oxygens (including phenoxy) is 2. The van der Waals surface area contributed by atoms with E-state index in [0.29, 0.717) is 12.2 Å². The minimum atomic E-state index is -0.102. The van der Waals surface area contributed by atoms with Crippen molar-refractivity contribution >= 4 is 22.2 Å². The number of para-hydroxylation sites is 1. The first-order valence-electron chi connectivity index (χ1n) is 8.76. The highest BCUT2D eigenvalue weighted by Gasteiger charge is 2.19. The van der Waals surface area contributed by atoms with Crippen LogP contribution in [0.1, 0.15) is 29.8 Å². The molecule has 0 unspecified atom stereocenters. The van der Waals surface area contributed by atoms with Crippen LogP contribution in [-0.2, 0) is 4.74 Å². The summed E-state index contributed by atoms with van der Waals surface area (Å²) in [6.45, 7) is 1.33. The van der Waals surface area contributed by atoms with Gasteiger partial charge in [-0.05, 0) is 31.4 Å². The number of aromatic nitrogens is 2. The van der Waals surface area contributed by atoms with Crippen LogP contribution >= 0.6 is 11.3 Å². The fraction of sp³-hybridized carbons (Fsp3) is 0.368. The largest absolute Gasteiger partial charge is 0.496 e. The minimum absolute atomic E-state index is 0.102. The van der Waals surface area contributed by atoms with Crippen molar-refractivity contribution in [2.75, 3.05) is 20.3 Å². The molecule has 0 bridgehead atoms. The molecule has 7 heteroatoms. The highest BCUT2D eigenvalue weighted by atomic mass is 32.1. The molecular formula is C19H21N3O3S. The summed E-state index contributed by atoms with van der Waals surface area (Å²) in [6, 6.07) is 7.74. The van der Waals surface area contributed by atoms with Gasteiger partial charge in [0.15, 0.2) is 4.96 Å². The fourth-order valence-electron chi connectivity index (χ4n) is 3.20. The van der Waals surface area contributed by atoms with Crippen LogP contribution in [0.3, 0.4) is 0 Å². The zero-order valence-electron chi connectivity index (χ0n) is 14.6. The van der Waals surface area contributed by atoms with E-state index in [9.17, 15) is 4.79 Å². The van der Waals surface area contributed by atoms with E-state index in [-0.39, 0.29) is 12.0 Å². The van der Waals surface area contributed by atoms with Gasteiger partial charge in [0, 0.05) is 30.3 Å². The third-order valence-corrected chi connectivity index (χ3v) is 5.43. The van der Waals surface area contributed by atoms with Crippen LogP contribution in [0.4, 0.5) is 0 Å². The quantitative estimate of drug-likeness (QED) is 0.747. The number of fused-ring (bicyclic) bond motifs is 1. The van der Waals surface area contributed by atoms with Gasteiger partial charge < -0.3 is 14.8 Å². The van der Waals surface area contributed by atoms with Crippen molar-refractivity contribution in [3.8, 4) is 17.0 Å². The average Bonchev–Trinajstić information content (AvgIpc) is 3.27. The summed E-state index contributed by atoms with van der Waals surface area (Å²) in [7, 11) is 1.64. The van der Waals surface area contributed by atoms with Crippen LogP contribution < -0.4 is 10.1 Å². The third kappa shape index (κ3) is 3.32. The van der Waals surface area contributed by atoms with Crippen LogP contribution in [-0.4, -0.2) is 41.7 Å². The molecule has 3 aromatic rings. The van der Waals surface area contributed by atoms with Crippen LogP contribution in [0.5, 0.6) is 5.75 Å². The predicted octanol–water partition coefficient (Wildman–Crippen LogP) is 3.37. The molecule has 6 nitrogen and oxygen atoms in total. The Morgan fingerprint density at radius 1 is 1.42 bits per heavy atom. The number of benzene rings is 1. The van der Waals surface area contributed by atoms with Crippen molar-refractivity contribution < 1.29 is 14.3 Å². The molecule has 1 aliphatic rings. The molecule has 2 aromatic heterocycles. The standard InChI is InChI=1S/C19H21N3O3S/c1-24-17-8-3-2-7-14(17)15-11-22-16(12-26-19(22)21-15)18(23)20-10-13-6-4-5-9-25-13/h2-3,7-8,11-13H,4-6,9-10H2,1H3,(H,20,23)/t13-/m0/s1. The molecule has 1 saturated heterocycles. The van der Waals surface area contributed by atoms with Crippen LogP contribution in [0, 0.1) is 0 Å². The molecule has 1 N–H and O–H groups in total. The molecule has 0 radical (unpaired) electrons. The van der Waals surface area contributed by atoms with Crippen molar-refractivity contribution in [2.24, 2.45) is 0 Å². The van der Waals surface area contributed by atoms with E-state index < -0.39 is 0 Å². The second-order valence-electron chi connectivity index (χ2n) is 6.30. The molecule has 4 rings (SSSR count). The van der Waals surface area contributed by atoms with E-state index in [2.05, 4.69) is 10.3 Å². The number of hydrogen-bond acceptors (Lipinski definition) is 5. The lowest BCUT2D eigenvalue weighted by Crippen LogP contribution is -2.35. The van der Waals surface area contributed by atoms with E-state index in [4.69, 9.17) is 9.47 Å². The number of carbonyl (C=O) groups excluding carboxylic acids is 1. The minimum Gasteiger partial charge on any atom is -0.496 e. The average molecular weight is 371 g/mol. The summed E-state index contributed by atoms with van der Waals surface area (Å²) >= 11 is 1.45. The first kappa shape index (κ1) is 17.1. The smallest absolute Gasteiger partial charge is 0.269 e. The van der Waals surface area contributed by atoms with Gasteiger partial charge in [0.2, 0.25) is 0 Å². The third-order valence-electron chi connectivity index (χ3n) is 4.59. The number of methoxy groups -OCH3 is 1. The summed E-state index contributed by atoms with van der Waals surface area (Å²) in [5.41, 5.74) is 2.29. The van der Waals surface area contributed by atoms with Gasteiger partial charge in [0.25, 0.3) is 5.91 Å². The SMILES string of the molecule is COc1ccccc1-c1cn2c(C(=O)NC[C@@H]3CCCCO3)csc2n1. The van der Waals surface area contributed by atoms with Crippen molar-refractivity contribution in [3.63, 3.8) is 0 Å². The second-order valence-corrected chi connectivity index (χ2v) is 7.14. The Kier molecular flexibility index (Phi) is 4.90. The first-order chi connectivity index (χ1) is 12.8. The zero-order valence-corrected chi connectivity index (χ0v) is 15.4. The monoisotopic (exact) mass is 371 g/mol. The van der Waals surface area contributed by atoms with E-state index in [1.807, 2.05) is 40.2 Å². The van der Waals surface area contributed by atoms with Crippen LogP contribution in [0.2, 0.25) is 0 Å². The van der Waals surface area contributed by atoms with Gasteiger partial charge in [-0.2, -0.15) is 0 Å². The summed E-state index contributed by atoms with van der Waals surface area (Å²) in [6.07, 6.45) is 5.27. The second kappa shape index (κ2) is 7.47. The zero-order chi connectivity index (χ0) is 17.9. The van der Waals surface area contributed by atoms with Gasteiger partial charge in [-0.15, -0.1) is 11.3 Å². The lowest BCUT2D eigenvalue weighted by molar-refractivity contribution is 0.0168. The van der Waals surface area contributed by atoms with E-state index in [0.717, 1.165) is 47.8 Å². The topological polar surface area (TPSA) is 64.9 Å². The van der Waals surface area contributed by atoms with Crippen molar-refractivity contribution in [1.82, 2.24) is 14.7 Å². The van der Waals surface area contributed by atoms with E-state index in [1.165, 1.54) is 11.3 Å². The fourth-order valence-corrected chi connectivity index (χ4v) is 4.05. The molecule has 1 aromatic carbocycles. The first-order valence-corrected chi connectivity index (χ1v) is 9.64. The lowest BCUT2D eigenvalue weighted by atomic mass is 10.1. The number of rotatable bonds is 5. The van der Waals surface area contributed by atoms with Gasteiger partial charge in [-0.3, -0.25) is 9.20 Å². The van der Waals surface area contributed by atoms with Gasteiger partial charge in [-0.1, -0.05) is 12.1 Å². The Balaban J connectivity index is 1.55. The molecule has 0 saturated carbocycles. The number of nitrogens with one attached hydrogen (secondary N) is 1. The molecular weight excluding hydrogens is 350 g/mol. The van der Waals surface area contributed by atoms with E-state index in [1.54, 1.807) is 7.11 Å². The summed E-state index contributed by atoms with van der Waals surface area (Å²) in [5, 5.41) is 4.83. The molecule has 1 atom stereocenters. The van der Waals surface area contributed by atoms with Crippen LogP contribution in [0.25, 0.3) is 16.2 Å². The maximum atomic E-state index is 12.6. The molecule has 0 spiro atoms.